The van der Waals surface area contributed by atoms with Crippen molar-refractivity contribution in [2.75, 3.05) is 6.54 Å². The van der Waals surface area contributed by atoms with Gasteiger partial charge in [-0.25, -0.2) is 0 Å². The smallest absolute Gasteiger partial charge is 0.242 e. The first-order valence-electron chi connectivity index (χ1n) is 6.71. The van der Waals surface area contributed by atoms with Gasteiger partial charge in [0, 0.05) is 22.9 Å². The molecule has 20 heavy (non-hydrogen) atoms. The third-order valence-electron chi connectivity index (χ3n) is 3.64. The third kappa shape index (κ3) is 3.60. The van der Waals surface area contributed by atoms with Gasteiger partial charge in [0.25, 0.3) is 0 Å². The molecule has 1 aromatic rings. The van der Waals surface area contributed by atoms with E-state index in [2.05, 4.69) is 40.4 Å². The molecule has 5 heteroatoms. The van der Waals surface area contributed by atoms with Crippen LogP contribution in [0.5, 0.6) is 0 Å². The van der Waals surface area contributed by atoms with Gasteiger partial charge in [-0.1, -0.05) is 41.9 Å². The van der Waals surface area contributed by atoms with Crippen molar-refractivity contribution >= 4 is 27.7 Å². The zero-order valence-electron chi connectivity index (χ0n) is 11.7. The van der Waals surface area contributed by atoms with Crippen LogP contribution >= 0.6 is 15.9 Å². The van der Waals surface area contributed by atoms with Crippen LogP contribution in [0.3, 0.4) is 0 Å². The van der Waals surface area contributed by atoms with Gasteiger partial charge in [-0.05, 0) is 24.1 Å². The molecule has 1 aromatic carbocycles. The van der Waals surface area contributed by atoms with Gasteiger partial charge in [0.05, 0.1) is 0 Å². The highest BCUT2D eigenvalue weighted by Gasteiger charge is 2.29. The molecule has 108 valence electrons. The number of nitrogens with one attached hydrogen (secondary N) is 2. The predicted molar refractivity (Wildman–Crippen MR) is 81.3 cm³/mol. The first kappa shape index (κ1) is 15.0. The number of rotatable bonds is 4. The van der Waals surface area contributed by atoms with Crippen LogP contribution in [0.2, 0.25) is 0 Å². The molecule has 0 radical (unpaired) electrons. The quantitative estimate of drug-likeness (QED) is 0.883. The molecular formula is C15H19BrN2O2. The van der Waals surface area contributed by atoms with Crippen LogP contribution in [0.25, 0.3) is 0 Å². The average molecular weight is 339 g/mol. The van der Waals surface area contributed by atoms with Gasteiger partial charge in [-0.3, -0.25) is 9.59 Å². The van der Waals surface area contributed by atoms with Gasteiger partial charge >= 0.3 is 0 Å². The first-order chi connectivity index (χ1) is 9.38. The second-order valence-corrected chi connectivity index (χ2v) is 6.68. The summed E-state index contributed by atoms with van der Waals surface area (Å²) < 4.78 is 1.04. The molecule has 4 nitrogen and oxygen atoms in total. The maximum absolute atomic E-state index is 12.0. The Bertz CT molecular complexity index is 511. The van der Waals surface area contributed by atoms with Gasteiger partial charge in [0.15, 0.2) is 0 Å². The normalized spacial score (nSPS) is 18.8. The molecule has 0 bridgehead atoms. The van der Waals surface area contributed by atoms with Crippen molar-refractivity contribution in [3.8, 4) is 0 Å². The summed E-state index contributed by atoms with van der Waals surface area (Å²) in [4.78, 5) is 23.1. The highest BCUT2D eigenvalue weighted by Crippen LogP contribution is 2.24. The summed E-state index contributed by atoms with van der Waals surface area (Å²) in [7, 11) is 0. The van der Waals surface area contributed by atoms with Crippen molar-refractivity contribution in [2.24, 2.45) is 0 Å². The molecule has 0 aromatic heterocycles. The van der Waals surface area contributed by atoms with Crippen molar-refractivity contribution < 1.29 is 9.59 Å². The molecule has 2 amide bonds. The maximum atomic E-state index is 12.0. The Morgan fingerprint density at radius 3 is 2.60 bits per heavy atom. The minimum atomic E-state index is -0.372. The maximum Gasteiger partial charge on any atom is 0.242 e. The van der Waals surface area contributed by atoms with Crippen molar-refractivity contribution in [1.29, 1.82) is 0 Å². The Hall–Kier alpha value is -1.36. The third-order valence-corrected chi connectivity index (χ3v) is 4.17. The van der Waals surface area contributed by atoms with E-state index in [9.17, 15) is 9.59 Å². The molecular weight excluding hydrogens is 320 g/mol. The molecule has 2 N–H and O–H groups in total. The molecule has 1 heterocycles. The molecule has 0 unspecified atom stereocenters. The Balaban J connectivity index is 1.93. The van der Waals surface area contributed by atoms with Crippen LogP contribution < -0.4 is 10.6 Å². The highest BCUT2D eigenvalue weighted by molar-refractivity contribution is 9.10. The van der Waals surface area contributed by atoms with E-state index in [0.717, 1.165) is 10.0 Å². The van der Waals surface area contributed by atoms with Gasteiger partial charge < -0.3 is 10.6 Å². The summed E-state index contributed by atoms with van der Waals surface area (Å²) >= 11 is 3.41. The largest absolute Gasteiger partial charge is 0.353 e. The molecule has 0 saturated carbocycles. The van der Waals surface area contributed by atoms with Crippen molar-refractivity contribution in [1.82, 2.24) is 10.6 Å². The fraction of sp³-hybridized carbons (Fsp3) is 0.467. The number of benzene rings is 1. The lowest BCUT2D eigenvalue weighted by Gasteiger charge is -2.26. The number of carbonyl (C=O) groups excluding carboxylic acids is 2. The van der Waals surface area contributed by atoms with Crippen LogP contribution in [-0.2, 0) is 15.0 Å². The molecule has 2 rings (SSSR count). The van der Waals surface area contributed by atoms with E-state index in [-0.39, 0.29) is 23.3 Å². The number of hydrogen-bond donors (Lipinski definition) is 2. The van der Waals surface area contributed by atoms with E-state index >= 15 is 0 Å². The van der Waals surface area contributed by atoms with Crippen molar-refractivity contribution in [3.63, 3.8) is 0 Å². The summed E-state index contributed by atoms with van der Waals surface area (Å²) in [5, 5.41) is 5.61. The van der Waals surface area contributed by atoms with Gasteiger partial charge in [-0.2, -0.15) is 0 Å². The van der Waals surface area contributed by atoms with Crippen LogP contribution in [0, 0.1) is 0 Å². The summed E-state index contributed by atoms with van der Waals surface area (Å²) in [6, 6.07) is 7.72. The number of carbonyl (C=O) groups is 2. The SMILES string of the molecule is CC(C)(CNC(=O)[C@H]1CCC(=O)N1)c1ccc(Br)cc1. The van der Waals surface area contributed by atoms with E-state index in [1.54, 1.807) is 0 Å². The second-order valence-electron chi connectivity index (χ2n) is 5.77. The minimum Gasteiger partial charge on any atom is -0.353 e. The van der Waals surface area contributed by atoms with E-state index in [0.29, 0.717) is 19.4 Å². The Morgan fingerprint density at radius 2 is 2.05 bits per heavy atom. The predicted octanol–water partition coefficient (Wildman–Crippen LogP) is 2.12. The van der Waals surface area contributed by atoms with E-state index in [1.165, 1.54) is 0 Å². The van der Waals surface area contributed by atoms with Crippen LogP contribution in [-0.4, -0.2) is 24.4 Å². The molecule has 0 spiro atoms. The monoisotopic (exact) mass is 338 g/mol. The van der Waals surface area contributed by atoms with Gasteiger partial charge in [-0.15, -0.1) is 0 Å². The lowest BCUT2D eigenvalue weighted by Crippen LogP contribution is -2.45. The van der Waals surface area contributed by atoms with Crippen molar-refractivity contribution in [3.05, 3.63) is 34.3 Å². The second kappa shape index (κ2) is 5.95. The van der Waals surface area contributed by atoms with E-state index < -0.39 is 0 Å². The van der Waals surface area contributed by atoms with Gasteiger partial charge in [0.2, 0.25) is 11.8 Å². The molecule has 1 aliphatic heterocycles. The van der Waals surface area contributed by atoms with Crippen LogP contribution in [0.15, 0.2) is 28.7 Å². The molecule has 1 aliphatic rings. The number of hydrogen-bond acceptors (Lipinski definition) is 2. The van der Waals surface area contributed by atoms with Crippen LogP contribution in [0.1, 0.15) is 32.3 Å². The average Bonchev–Trinajstić information content (AvgIpc) is 2.83. The van der Waals surface area contributed by atoms with E-state index in [1.807, 2.05) is 24.3 Å². The Labute approximate surface area is 127 Å². The van der Waals surface area contributed by atoms with Crippen LogP contribution in [0.4, 0.5) is 0 Å². The highest BCUT2D eigenvalue weighted by atomic mass is 79.9. The van der Waals surface area contributed by atoms with E-state index in [4.69, 9.17) is 0 Å². The number of halogens is 1. The topological polar surface area (TPSA) is 58.2 Å². The summed E-state index contributed by atoms with van der Waals surface area (Å²) in [5.74, 6) is -0.140. The Kier molecular flexibility index (Phi) is 4.48. The van der Waals surface area contributed by atoms with Crippen molar-refractivity contribution in [2.45, 2.75) is 38.1 Å². The minimum absolute atomic E-state index is 0.0441. The fourth-order valence-corrected chi connectivity index (χ4v) is 2.51. The molecule has 1 atom stereocenters. The lowest BCUT2D eigenvalue weighted by molar-refractivity contribution is -0.125. The molecule has 0 aliphatic carbocycles. The number of amides is 2. The standard InChI is InChI=1S/C15H19BrN2O2/c1-15(2,10-3-5-11(16)6-4-10)9-17-14(20)12-7-8-13(19)18-12/h3-6,12H,7-9H2,1-2H3,(H,17,20)(H,18,19)/t12-/m1/s1. The zero-order chi connectivity index (χ0) is 14.8. The fourth-order valence-electron chi connectivity index (χ4n) is 2.25. The Morgan fingerprint density at radius 1 is 1.40 bits per heavy atom. The first-order valence-corrected chi connectivity index (χ1v) is 7.51. The van der Waals surface area contributed by atoms with Gasteiger partial charge in [0.1, 0.15) is 6.04 Å². The zero-order valence-corrected chi connectivity index (χ0v) is 13.3. The summed E-state index contributed by atoms with van der Waals surface area (Å²) in [5.41, 5.74) is 1.01. The summed E-state index contributed by atoms with van der Waals surface area (Å²) in [6.45, 7) is 4.72. The molecule has 1 saturated heterocycles. The summed E-state index contributed by atoms with van der Waals surface area (Å²) in [6.07, 6.45) is 1.03. The molecule has 1 fully saturated rings. The lowest BCUT2D eigenvalue weighted by atomic mass is 9.84.